The van der Waals surface area contributed by atoms with E-state index >= 15 is 0 Å². The molecule has 2 saturated carbocycles. The van der Waals surface area contributed by atoms with Crippen molar-refractivity contribution in [3.63, 3.8) is 0 Å². The molecule has 0 spiro atoms. The average Bonchev–Trinajstić information content (AvgIpc) is 3.41. The first-order valence-corrected chi connectivity index (χ1v) is 12.8. The SMILES string of the molecule is CCCCCc1ccc(-c2ccc(OC(=O)C3CCC4C(CCC)CCC34)cc2)c(F)c1F. The van der Waals surface area contributed by atoms with Crippen molar-refractivity contribution in [3.8, 4) is 16.9 Å². The lowest BCUT2D eigenvalue weighted by Crippen LogP contribution is -2.25. The number of hydrogen-bond donors (Lipinski definition) is 0. The average molecular weight is 455 g/mol. The summed E-state index contributed by atoms with van der Waals surface area (Å²) < 4.78 is 35.0. The Morgan fingerprint density at radius 2 is 1.64 bits per heavy atom. The highest BCUT2D eigenvalue weighted by atomic mass is 19.2. The first-order chi connectivity index (χ1) is 16.0. The Morgan fingerprint density at radius 1 is 0.879 bits per heavy atom. The Hall–Kier alpha value is -2.23. The molecule has 0 heterocycles. The van der Waals surface area contributed by atoms with Crippen LogP contribution in [0.25, 0.3) is 11.1 Å². The number of benzene rings is 2. The summed E-state index contributed by atoms with van der Waals surface area (Å²) in [5.41, 5.74) is 1.24. The minimum Gasteiger partial charge on any atom is -0.426 e. The lowest BCUT2D eigenvalue weighted by atomic mass is 9.87. The Labute approximate surface area is 196 Å². The van der Waals surface area contributed by atoms with Gasteiger partial charge in [-0.25, -0.2) is 8.78 Å². The fourth-order valence-electron chi connectivity index (χ4n) is 6.21. The van der Waals surface area contributed by atoms with Crippen LogP contribution in [-0.2, 0) is 11.2 Å². The summed E-state index contributed by atoms with van der Waals surface area (Å²) in [5.74, 6) is 0.650. The maximum atomic E-state index is 14.7. The summed E-state index contributed by atoms with van der Waals surface area (Å²) in [4.78, 5) is 12.9. The van der Waals surface area contributed by atoms with Crippen LogP contribution in [0.5, 0.6) is 5.75 Å². The molecule has 33 heavy (non-hydrogen) atoms. The van der Waals surface area contributed by atoms with E-state index in [1.54, 1.807) is 36.4 Å². The van der Waals surface area contributed by atoms with Crippen LogP contribution in [0.4, 0.5) is 8.78 Å². The quantitative estimate of drug-likeness (QED) is 0.217. The fourth-order valence-corrected chi connectivity index (χ4v) is 6.21. The second kappa shape index (κ2) is 10.8. The molecule has 0 amide bonds. The Kier molecular flexibility index (Phi) is 7.82. The van der Waals surface area contributed by atoms with Gasteiger partial charge in [0.15, 0.2) is 11.6 Å². The normalized spacial score (nSPS) is 24.1. The van der Waals surface area contributed by atoms with Gasteiger partial charge in [0.2, 0.25) is 0 Å². The highest BCUT2D eigenvalue weighted by molar-refractivity contribution is 5.76. The second-order valence-corrected chi connectivity index (χ2v) is 9.94. The number of ether oxygens (including phenoxy) is 1. The van der Waals surface area contributed by atoms with Crippen LogP contribution < -0.4 is 4.74 Å². The third-order valence-electron chi connectivity index (χ3n) is 7.91. The molecule has 2 aliphatic rings. The van der Waals surface area contributed by atoms with E-state index in [9.17, 15) is 13.6 Å². The minimum atomic E-state index is -0.811. The minimum absolute atomic E-state index is 0.0108. The lowest BCUT2D eigenvalue weighted by molar-refractivity contribution is -0.140. The van der Waals surface area contributed by atoms with Crippen LogP contribution in [0, 0.1) is 35.3 Å². The molecule has 2 nitrogen and oxygen atoms in total. The standard InChI is InChI=1S/C29H36F2O2/c1-3-5-6-8-21-12-15-24(28(31)27(21)30)20-9-13-22(14-10-20)33-29(32)26-18-17-23-19(7-4-2)11-16-25(23)26/h9-10,12-15,19,23,25-26H,3-8,11,16-18H2,1-2H3. The molecule has 0 aromatic heterocycles. The van der Waals surface area contributed by atoms with Gasteiger partial charge in [-0.15, -0.1) is 0 Å². The van der Waals surface area contributed by atoms with Crippen LogP contribution in [0.2, 0.25) is 0 Å². The van der Waals surface area contributed by atoms with Gasteiger partial charge < -0.3 is 4.74 Å². The van der Waals surface area contributed by atoms with Gasteiger partial charge in [0.25, 0.3) is 0 Å². The highest BCUT2D eigenvalue weighted by Gasteiger charge is 2.47. The van der Waals surface area contributed by atoms with Gasteiger partial charge in [0, 0.05) is 5.56 Å². The van der Waals surface area contributed by atoms with E-state index in [4.69, 9.17) is 4.74 Å². The highest BCUT2D eigenvalue weighted by Crippen LogP contribution is 2.52. The van der Waals surface area contributed by atoms with Gasteiger partial charge in [-0.05, 0) is 79.5 Å². The number of halogens is 2. The smallest absolute Gasteiger partial charge is 0.314 e. The summed E-state index contributed by atoms with van der Waals surface area (Å²) in [7, 11) is 0. The molecule has 0 aliphatic heterocycles. The maximum Gasteiger partial charge on any atom is 0.314 e. The van der Waals surface area contributed by atoms with Gasteiger partial charge in [-0.3, -0.25) is 4.79 Å². The number of carbonyl (C=O) groups is 1. The van der Waals surface area contributed by atoms with Crippen molar-refractivity contribution in [2.24, 2.45) is 23.7 Å². The molecule has 0 N–H and O–H groups in total. The number of aryl methyl sites for hydroxylation is 1. The van der Waals surface area contributed by atoms with E-state index in [-0.39, 0.29) is 17.5 Å². The molecule has 2 fully saturated rings. The monoisotopic (exact) mass is 454 g/mol. The molecule has 0 radical (unpaired) electrons. The van der Waals surface area contributed by atoms with Crippen LogP contribution >= 0.6 is 0 Å². The molecule has 4 unspecified atom stereocenters. The van der Waals surface area contributed by atoms with Gasteiger partial charge in [-0.2, -0.15) is 0 Å². The second-order valence-electron chi connectivity index (χ2n) is 9.94. The molecule has 4 heteroatoms. The number of hydrogen-bond acceptors (Lipinski definition) is 2. The van der Waals surface area contributed by atoms with Crippen molar-refractivity contribution in [1.82, 2.24) is 0 Å². The van der Waals surface area contributed by atoms with Gasteiger partial charge in [-0.1, -0.05) is 63.8 Å². The number of unbranched alkanes of at least 4 members (excludes halogenated alkanes) is 2. The van der Waals surface area contributed by atoms with Crippen molar-refractivity contribution in [2.45, 2.75) is 78.1 Å². The predicted octanol–water partition coefficient (Wildman–Crippen LogP) is 8.12. The lowest BCUT2D eigenvalue weighted by Gasteiger charge is -2.19. The van der Waals surface area contributed by atoms with Crippen molar-refractivity contribution < 1.29 is 18.3 Å². The topological polar surface area (TPSA) is 26.3 Å². The van der Waals surface area contributed by atoms with E-state index in [2.05, 4.69) is 13.8 Å². The van der Waals surface area contributed by atoms with Crippen molar-refractivity contribution in [2.75, 3.05) is 0 Å². The molecule has 0 bridgehead atoms. The molecule has 4 rings (SSSR count). The number of fused-ring (bicyclic) bond motifs is 1. The van der Waals surface area contributed by atoms with E-state index in [0.717, 1.165) is 44.4 Å². The number of carbonyl (C=O) groups excluding carboxylic acids is 1. The third-order valence-corrected chi connectivity index (χ3v) is 7.91. The Balaban J connectivity index is 1.40. The molecule has 4 atom stereocenters. The van der Waals surface area contributed by atoms with Crippen LogP contribution in [0.1, 0.15) is 77.2 Å². The van der Waals surface area contributed by atoms with E-state index < -0.39 is 11.6 Å². The van der Waals surface area contributed by atoms with E-state index in [1.165, 1.54) is 19.3 Å². The van der Waals surface area contributed by atoms with Crippen molar-refractivity contribution in [3.05, 3.63) is 53.6 Å². The van der Waals surface area contributed by atoms with Gasteiger partial charge >= 0.3 is 5.97 Å². The summed E-state index contributed by atoms with van der Waals surface area (Å²) in [6.07, 6.45) is 10.3. The van der Waals surface area contributed by atoms with Gasteiger partial charge in [0.1, 0.15) is 5.75 Å². The molecule has 178 valence electrons. The van der Waals surface area contributed by atoms with Crippen molar-refractivity contribution in [1.29, 1.82) is 0 Å². The summed E-state index contributed by atoms with van der Waals surface area (Å²) in [6, 6.07) is 10.1. The van der Waals surface area contributed by atoms with Crippen LogP contribution in [0.3, 0.4) is 0 Å². The van der Waals surface area contributed by atoms with Gasteiger partial charge in [0.05, 0.1) is 5.92 Å². The Bertz CT molecular complexity index is 953. The summed E-state index contributed by atoms with van der Waals surface area (Å²) in [5, 5.41) is 0. The zero-order valence-corrected chi connectivity index (χ0v) is 19.9. The number of esters is 1. The Morgan fingerprint density at radius 3 is 2.36 bits per heavy atom. The third kappa shape index (κ3) is 5.15. The first-order valence-electron chi connectivity index (χ1n) is 12.8. The summed E-state index contributed by atoms with van der Waals surface area (Å²) in [6.45, 7) is 4.32. The first kappa shape index (κ1) is 23.9. The predicted molar refractivity (Wildman–Crippen MR) is 128 cm³/mol. The maximum absolute atomic E-state index is 14.7. The summed E-state index contributed by atoms with van der Waals surface area (Å²) >= 11 is 0. The fraction of sp³-hybridized carbons (Fsp3) is 0.552. The zero-order chi connectivity index (χ0) is 23.4. The van der Waals surface area contributed by atoms with Crippen LogP contribution in [0.15, 0.2) is 36.4 Å². The zero-order valence-electron chi connectivity index (χ0n) is 19.9. The molecule has 2 aromatic rings. The molecule has 2 aromatic carbocycles. The molecular formula is C29H36F2O2. The molecular weight excluding hydrogens is 418 g/mol. The van der Waals surface area contributed by atoms with E-state index in [0.29, 0.717) is 35.1 Å². The van der Waals surface area contributed by atoms with Crippen molar-refractivity contribution >= 4 is 5.97 Å². The van der Waals surface area contributed by atoms with E-state index in [1.807, 2.05) is 0 Å². The number of rotatable bonds is 9. The largest absolute Gasteiger partial charge is 0.426 e. The molecule has 0 saturated heterocycles. The molecule has 2 aliphatic carbocycles. The van der Waals surface area contributed by atoms with Crippen LogP contribution in [-0.4, -0.2) is 5.97 Å².